The molecule has 0 saturated carbocycles. The molecule has 0 amide bonds. The van der Waals surface area contributed by atoms with Gasteiger partial charge in [-0.1, -0.05) is 17.7 Å². The van der Waals surface area contributed by atoms with Gasteiger partial charge in [0.15, 0.2) is 5.82 Å². The van der Waals surface area contributed by atoms with E-state index in [1.807, 2.05) is 19.1 Å². The molecule has 2 aromatic rings. The second-order valence-corrected chi connectivity index (χ2v) is 4.57. The first-order valence-corrected chi connectivity index (χ1v) is 6.39. The molecule has 0 aliphatic heterocycles. The Morgan fingerprint density at radius 2 is 2.00 bits per heavy atom. The van der Waals surface area contributed by atoms with Crippen molar-refractivity contribution in [3.8, 4) is 0 Å². The second-order valence-electron chi connectivity index (χ2n) is 4.57. The van der Waals surface area contributed by atoms with Crippen LogP contribution >= 0.6 is 0 Å². The summed E-state index contributed by atoms with van der Waals surface area (Å²) >= 11 is 0. The minimum atomic E-state index is -0.512. The molecule has 0 saturated heterocycles. The minimum absolute atomic E-state index is 0.0464. The van der Waals surface area contributed by atoms with Crippen LogP contribution in [0.5, 0.6) is 0 Å². The highest BCUT2D eigenvalue weighted by Crippen LogP contribution is 2.13. The zero-order chi connectivity index (χ0) is 15.4. The Bertz CT molecular complexity index is 661. The number of rotatable bonds is 5. The quantitative estimate of drug-likeness (QED) is 0.478. The Balaban J connectivity index is 1.95. The number of carbonyl (C=O) groups excluding carboxylic acids is 1. The Morgan fingerprint density at radius 3 is 2.62 bits per heavy atom. The van der Waals surface area contributed by atoms with Gasteiger partial charge in [0, 0.05) is 6.92 Å². The van der Waals surface area contributed by atoms with Crippen LogP contribution in [0.25, 0.3) is 0 Å². The van der Waals surface area contributed by atoms with Gasteiger partial charge in [-0.25, -0.2) is 14.3 Å². The van der Waals surface area contributed by atoms with Crippen molar-refractivity contribution in [3.63, 3.8) is 0 Å². The zero-order valence-electron chi connectivity index (χ0n) is 11.8. The first kappa shape index (κ1) is 14.7. The van der Waals surface area contributed by atoms with Crippen molar-refractivity contribution in [2.45, 2.75) is 20.4 Å². The highest BCUT2D eigenvalue weighted by Gasteiger charge is 2.17. The van der Waals surface area contributed by atoms with E-state index in [4.69, 9.17) is 4.74 Å². The summed E-state index contributed by atoms with van der Waals surface area (Å²) in [6.07, 6.45) is 1.19. The molecule has 0 N–H and O–H groups in total. The molecule has 110 valence electrons. The van der Waals surface area contributed by atoms with Gasteiger partial charge in [-0.15, -0.1) is 0 Å². The zero-order valence-corrected chi connectivity index (χ0v) is 11.8. The molecule has 2 rings (SSSR count). The molecule has 0 aliphatic carbocycles. The van der Waals surface area contributed by atoms with Crippen LogP contribution in [0.3, 0.4) is 0 Å². The van der Waals surface area contributed by atoms with E-state index in [1.54, 1.807) is 19.1 Å². The SMILES string of the molecule is Cc1ccc(C(=O)OCCn2c([N+](=O)[O-])cnc2C)cc1. The molecule has 0 fully saturated rings. The maximum Gasteiger partial charge on any atom is 0.342 e. The number of aryl methyl sites for hydroxylation is 2. The minimum Gasteiger partial charge on any atom is -0.458 e. The van der Waals surface area contributed by atoms with Gasteiger partial charge in [0.25, 0.3) is 0 Å². The summed E-state index contributed by atoms with van der Waals surface area (Å²) in [6, 6.07) is 7.01. The van der Waals surface area contributed by atoms with E-state index < -0.39 is 10.9 Å². The number of ether oxygens (including phenoxy) is 1. The molecular formula is C14H15N3O4. The number of nitrogens with zero attached hydrogens (tertiary/aromatic N) is 3. The van der Waals surface area contributed by atoms with Crippen molar-refractivity contribution in [3.05, 3.63) is 57.5 Å². The summed E-state index contributed by atoms with van der Waals surface area (Å²) in [4.78, 5) is 26.0. The molecule has 0 aliphatic rings. The number of nitro groups is 1. The lowest BCUT2D eigenvalue weighted by atomic mass is 10.1. The van der Waals surface area contributed by atoms with Crippen LogP contribution in [-0.2, 0) is 11.3 Å². The maximum atomic E-state index is 11.8. The molecule has 1 aromatic carbocycles. The van der Waals surface area contributed by atoms with Gasteiger partial charge in [0.2, 0.25) is 0 Å². The van der Waals surface area contributed by atoms with Crippen molar-refractivity contribution in [1.29, 1.82) is 0 Å². The summed E-state index contributed by atoms with van der Waals surface area (Å²) < 4.78 is 6.53. The monoisotopic (exact) mass is 289 g/mol. The van der Waals surface area contributed by atoms with E-state index in [2.05, 4.69) is 4.98 Å². The topological polar surface area (TPSA) is 87.3 Å². The van der Waals surface area contributed by atoms with Crippen molar-refractivity contribution < 1.29 is 14.5 Å². The molecule has 0 bridgehead atoms. The van der Waals surface area contributed by atoms with Crippen LogP contribution < -0.4 is 0 Å². The van der Waals surface area contributed by atoms with Gasteiger partial charge in [0.1, 0.15) is 19.3 Å². The van der Waals surface area contributed by atoms with E-state index in [9.17, 15) is 14.9 Å². The number of aromatic nitrogens is 2. The summed E-state index contributed by atoms with van der Waals surface area (Å²) in [5.74, 6) is -0.0533. The molecule has 0 atom stereocenters. The third-order valence-electron chi connectivity index (χ3n) is 3.06. The third-order valence-corrected chi connectivity index (χ3v) is 3.06. The fraction of sp³-hybridized carbons (Fsp3) is 0.286. The third kappa shape index (κ3) is 3.44. The van der Waals surface area contributed by atoms with Crippen molar-refractivity contribution >= 4 is 11.8 Å². The van der Waals surface area contributed by atoms with E-state index in [1.165, 1.54) is 10.8 Å². The Morgan fingerprint density at radius 1 is 1.33 bits per heavy atom. The van der Waals surface area contributed by atoms with Crippen LogP contribution in [0.1, 0.15) is 21.7 Å². The molecular weight excluding hydrogens is 274 g/mol. The number of hydrogen-bond acceptors (Lipinski definition) is 5. The number of benzene rings is 1. The molecule has 21 heavy (non-hydrogen) atoms. The van der Waals surface area contributed by atoms with Crippen LogP contribution in [0.15, 0.2) is 30.5 Å². The average molecular weight is 289 g/mol. The number of imidazole rings is 1. The smallest absolute Gasteiger partial charge is 0.342 e. The Hall–Kier alpha value is -2.70. The molecule has 0 spiro atoms. The summed E-state index contributed by atoms with van der Waals surface area (Å²) in [6.45, 7) is 3.83. The predicted octanol–water partition coefficient (Wildman–Crippen LogP) is 2.27. The van der Waals surface area contributed by atoms with Crippen molar-refractivity contribution in [2.75, 3.05) is 6.61 Å². The first-order chi connectivity index (χ1) is 9.99. The predicted molar refractivity (Wildman–Crippen MR) is 75.1 cm³/mol. The highest BCUT2D eigenvalue weighted by atomic mass is 16.6. The lowest BCUT2D eigenvalue weighted by Gasteiger charge is -2.05. The average Bonchev–Trinajstić information content (AvgIpc) is 2.81. The highest BCUT2D eigenvalue weighted by molar-refractivity contribution is 5.89. The fourth-order valence-corrected chi connectivity index (χ4v) is 1.88. The van der Waals surface area contributed by atoms with Crippen LogP contribution in [0, 0.1) is 24.0 Å². The number of carbonyl (C=O) groups is 1. The maximum absolute atomic E-state index is 11.8. The van der Waals surface area contributed by atoms with Gasteiger partial charge in [-0.3, -0.25) is 0 Å². The Kier molecular flexibility index (Phi) is 4.32. The second kappa shape index (κ2) is 6.17. The van der Waals surface area contributed by atoms with Crippen LogP contribution in [-0.4, -0.2) is 27.1 Å². The van der Waals surface area contributed by atoms with E-state index >= 15 is 0 Å². The van der Waals surface area contributed by atoms with E-state index in [0.29, 0.717) is 11.4 Å². The largest absolute Gasteiger partial charge is 0.458 e. The van der Waals surface area contributed by atoms with Gasteiger partial charge >= 0.3 is 11.8 Å². The lowest BCUT2D eigenvalue weighted by molar-refractivity contribution is -0.392. The molecule has 0 radical (unpaired) electrons. The van der Waals surface area contributed by atoms with E-state index in [0.717, 1.165) is 5.56 Å². The molecule has 7 heteroatoms. The number of hydrogen-bond donors (Lipinski definition) is 0. The molecule has 0 unspecified atom stereocenters. The molecule has 1 heterocycles. The van der Waals surface area contributed by atoms with Gasteiger partial charge in [0.05, 0.1) is 5.56 Å². The van der Waals surface area contributed by atoms with Gasteiger partial charge in [-0.05, 0) is 24.0 Å². The van der Waals surface area contributed by atoms with E-state index in [-0.39, 0.29) is 19.0 Å². The molecule has 1 aromatic heterocycles. The fourth-order valence-electron chi connectivity index (χ4n) is 1.88. The van der Waals surface area contributed by atoms with Crippen LogP contribution in [0.4, 0.5) is 5.82 Å². The lowest BCUT2D eigenvalue weighted by Crippen LogP contribution is -2.13. The van der Waals surface area contributed by atoms with Crippen molar-refractivity contribution in [1.82, 2.24) is 9.55 Å². The van der Waals surface area contributed by atoms with Crippen molar-refractivity contribution in [2.24, 2.45) is 0 Å². The molecule has 7 nitrogen and oxygen atoms in total. The van der Waals surface area contributed by atoms with Gasteiger partial charge < -0.3 is 14.9 Å². The number of esters is 1. The standard InChI is InChI=1S/C14H15N3O4/c1-10-3-5-12(6-4-10)14(18)21-8-7-16-11(2)15-9-13(16)17(19)20/h3-6,9H,7-8H2,1-2H3. The first-order valence-electron chi connectivity index (χ1n) is 6.39. The normalized spacial score (nSPS) is 10.4. The summed E-state index contributed by atoms with van der Waals surface area (Å²) in [7, 11) is 0. The van der Waals surface area contributed by atoms with Crippen LogP contribution in [0.2, 0.25) is 0 Å². The summed E-state index contributed by atoms with van der Waals surface area (Å²) in [5.41, 5.74) is 1.51. The Labute approximate surface area is 121 Å². The van der Waals surface area contributed by atoms with Gasteiger partial charge in [-0.2, -0.15) is 0 Å². The summed E-state index contributed by atoms with van der Waals surface area (Å²) in [5, 5.41) is 10.8.